The molecule has 1 heterocycles. The average Bonchev–Trinajstić information content (AvgIpc) is 2.90. The van der Waals surface area contributed by atoms with Crippen molar-refractivity contribution >= 4 is 23.2 Å². The molecule has 1 aliphatic heterocycles. The summed E-state index contributed by atoms with van der Waals surface area (Å²) in [5, 5.41) is 14.4. The van der Waals surface area contributed by atoms with Gasteiger partial charge < -0.3 is 24.4 Å². The summed E-state index contributed by atoms with van der Waals surface area (Å²) in [5.74, 6) is 0.405. The number of benzene rings is 2. The van der Waals surface area contributed by atoms with Gasteiger partial charge in [0.25, 0.3) is 11.6 Å². The van der Waals surface area contributed by atoms with Gasteiger partial charge in [-0.2, -0.15) is 0 Å². The third-order valence-electron chi connectivity index (χ3n) is 5.76. The Morgan fingerprint density at radius 1 is 1.00 bits per heavy atom. The largest absolute Gasteiger partial charge is 0.490 e. The highest BCUT2D eigenvalue weighted by Gasteiger charge is 2.29. The van der Waals surface area contributed by atoms with Gasteiger partial charge in [-0.05, 0) is 37.8 Å². The Labute approximate surface area is 210 Å². The lowest BCUT2D eigenvalue weighted by atomic mass is 9.95. The van der Waals surface area contributed by atoms with Gasteiger partial charge in [0.05, 0.1) is 24.2 Å². The lowest BCUT2D eigenvalue weighted by molar-refractivity contribution is -0.384. The van der Waals surface area contributed by atoms with Crippen molar-refractivity contribution in [1.29, 1.82) is 0 Å². The first kappa shape index (κ1) is 26.8. The van der Waals surface area contributed by atoms with E-state index in [1.165, 1.54) is 12.1 Å². The van der Waals surface area contributed by atoms with Gasteiger partial charge in [-0.15, -0.1) is 0 Å². The van der Waals surface area contributed by atoms with E-state index in [2.05, 4.69) is 5.32 Å². The summed E-state index contributed by atoms with van der Waals surface area (Å²) in [6, 6.07) is 11.8. The van der Waals surface area contributed by atoms with Gasteiger partial charge >= 0.3 is 0 Å². The van der Waals surface area contributed by atoms with Crippen LogP contribution in [-0.4, -0.2) is 54.5 Å². The summed E-state index contributed by atoms with van der Waals surface area (Å²) in [6.45, 7) is 5.43. The molecule has 2 aromatic rings. The van der Waals surface area contributed by atoms with E-state index in [0.29, 0.717) is 50.6 Å². The van der Waals surface area contributed by atoms with Crippen molar-refractivity contribution in [2.45, 2.75) is 39.5 Å². The molecule has 36 heavy (non-hydrogen) atoms. The number of amides is 2. The van der Waals surface area contributed by atoms with Crippen LogP contribution in [0.15, 0.2) is 42.5 Å². The molecule has 0 aromatic heterocycles. The Bertz CT molecular complexity index is 1040. The summed E-state index contributed by atoms with van der Waals surface area (Å²) in [4.78, 5) is 38.3. The number of nitrogens with one attached hydrogen (secondary N) is 1. The van der Waals surface area contributed by atoms with Crippen LogP contribution in [0.1, 0.15) is 39.5 Å². The zero-order valence-electron chi connectivity index (χ0n) is 20.7. The van der Waals surface area contributed by atoms with Crippen LogP contribution >= 0.6 is 0 Å². The molecule has 1 aliphatic rings. The number of nitro groups is 1. The van der Waals surface area contributed by atoms with Gasteiger partial charge in [0.1, 0.15) is 11.4 Å². The second-order valence-corrected chi connectivity index (χ2v) is 8.52. The molecule has 194 valence electrons. The zero-order valence-corrected chi connectivity index (χ0v) is 20.7. The fraction of sp³-hybridized carbons (Fsp3) is 0.462. The van der Waals surface area contributed by atoms with E-state index >= 15 is 0 Å². The smallest absolute Gasteiger partial charge is 0.296 e. The number of piperidine rings is 1. The molecule has 10 nitrogen and oxygen atoms in total. The molecule has 0 saturated carbocycles. The minimum Gasteiger partial charge on any atom is -0.490 e. The molecule has 0 spiro atoms. The van der Waals surface area contributed by atoms with E-state index in [1.54, 1.807) is 17.0 Å². The fourth-order valence-corrected chi connectivity index (χ4v) is 3.83. The van der Waals surface area contributed by atoms with Gasteiger partial charge in [-0.1, -0.05) is 32.0 Å². The predicted octanol–water partition coefficient (Wildman–Crippen LogP) is 4.43. The van der Waals surface area contributed by atoms with Crippen LogP contribution in [0.5, 0.6) is 17.2 Å². The molecular formula is C26H33N3O7. The number of ether oxygens (including phenoxy) is 3. The normalized spacial score (nSPS) is 13.7. The number of nitrogens with zero attached hydrogens (tertiary/aromatic N) is 2. The van der Waals surface area contributed by atoms with Crippen molar-refractivity contribution in [3.8, 4) is 17.2 Å². The predicted molar refractivity (Wildman–Crippen MR) is 135 cm³/mol. The molecule has 0 bridgehead atoms. The van der Waals surface area contributed by atoms with Crippen LogP contribution in [0.2, 0.25) is 0 Å². The van der Waals surface area contributed by atoms with Crippen LogP contribution < -0.4 is 19.5 Å². The van der Waals surface area contributed by atoms with Gasteiger partial charge in [-0.3, -0.25) is 19.7 Å². The van der Waals surface area contributed by atoms with E-state index in [1.807, 2.05) is 32.0 Å². The van der Waals surface area contributed by atoms with Gasteiger partial charge in [0.2, 0.25) is 5.91 Å². The number of nitro benzene ring substituents is 1. The quantitative estimate of drug-likeness (QED) is 0.339. The van der Waals surface area contributed by atoms with Crippen molar-refractivity contribution in [2.75, 3.05) is 38.2 Å². The zero-order chi connectivity index (χ0) is 25.9. The summed E-state index contributed by atoms with van der Waals surface area (Å²) < 4.78 is 16.9. The molecule has 0 atom stereocenters. The Morgan fingerprint density at radius 2 is 1.61 bits per heavy atom. The fourth-order valence-electron chi connectivity index (χ4n) is 3.83. The van der Waals surface area contributed by atoms with Gasteiger partial charge in [-0.25, -0.2) is 0 Å². The summed E-state index contributed by atoms with van der Waals surface area (Å²) in [5.41, 5.74) is -0.196. The Hall–Kier alpha value is -3.82. The maximum Gasteiger partial charge on any atom is 0.296 e. The molecule has 2 aromatic carbocycles. The third kappa shape index (κ3) is 7.34. The molecule has 0 unspecified atom stereocenters. The molecule has 1 saturated heterocycles. The summed E-state index contributed by atoms with van der Waals surface area (Å²) in [6.07, 6.45) is 2.39. The minimum absolute atomic E-state index is 0.0646. The maximum atomic E-state index is 13.0. The highest BCUT2D eigenvalue weighted by molar-refractivity contribution is 5.95. The molecule has 1 fully saturated rings. The number of hydrogen-bond acceptors (Lipinski definition) is 7. The van der Waals surface area contributed by atoms with E-state index in [-0.39, 0.29) is 41.5 Å². The first-order chi connectivity index (χ1) is 17.4. The number of carbonyl (C=O) groups is 2. The molecule has 2 amide bonds. The van der Waals surface area contributed by atoms with Gasteiger partial charge in [0.15, 0.2) is 18.1 Å². The van der Waals surface area contributed by atoms with Crippen molar-refractivity contribution < 1.29 is 28.7 Å². The van der Waals surface area contributed by atoms with Crippen molar-refractivity contribution in [3.05, 3.63) is 52.6 Å². The van der Waals surface area contributed by atoms with E-state index in [0.717, 1.165) is 12.8 Å². The van der Waals surface area contributed by atoms with Crippen LogP contribution in [0.25, 0.3) is 0 Å². The second kappa shape index (κ2) is 13.3. The number of likely N-dealkylation sites (tertiary alicyclic amines) is 1. The number of rotatable bonds is 12. The Kier molecular flexibility index (Phi) is 9.91. The first-order valence-electron chi connectivity index (χ1n) is 12.3. The van der Waals surface area contributed by atoms with Crippen molar-refractivity contribution in [2.24, 2.45) is 5.92 Å². The van der Waals surface area contributed by atoms with Crippen molar-refractivity contribution in [3.63, 3.8) is 0 Å². The van der Waals surface area contributed by atoms with Crippen LogP contribution in [-0.2, 0) is 9.59 Å². The Balaban J connectivity index is 1.62. The lowest BCUT2D eigenvalue weighted by Crippen LogP contribution is -2.43. The van der Waals surface area contributed by atoms with E-state index in [4.69, 9.17) is 14.2 Å². The Morgan fingerprint density at radius 3 is 2.19 bits per heavy atom. The average molecular weight is 500 g/mol. The molecule has 0 aliphatic carbocycles. The molecule has 1 N–H and O–H groups in total. The van der Waals surface area contributed by atoms with E-state index < -0.39 is 4.92 Å². The maximum absolute atomic E-state index is 13.0. The third-order valence-corrected chi connectivity index (χ3v) is 5.76. The standard InChI is InChI=1S/C26H33N3O7/c1-3-14-34-23-16-21(22(29(32)33)17-24(23)35-15-4-2)27-26(31)19-10-12-28(13-11-19)25(30)18-36-20-8-6-5-7-9-20/h5-9,16-17,19H,3-4,10-15,18H2,1-2H3,(H,27,31). The monoisotopic (exact) mass is 499 g/mol. The van der Waals surface area contributed by atoms with Crippen LogP contribution in [0, 0.1) is 16.0 Å². The summed E-state index contributed by atoms with van der Waals surface area (Å²) >= 11 is 0. The number of para-hydroxylation sites is 1. The highest BCUT2D eigenvalue weighted by Crippen LogP contribution is 2.38. The molecule has 10 heteroatoms. The lowest BCUT2D eigenvalue weighted by Gasteiger charge is -2.31. The van der Waals surface area contributed by atoms with Crippen molar-refractivity contribution in [1.82, 2.24) is 4.90 Å². The topological polar surface area (TPSA) is 120 Å². The van der Waals surface area contributed by atoms with Gasteiger partial charge in [0, 0.05) is 25.1 Å². The number of carbonyl (C=O) groups excluding carboxylic acids is 2. The first-order valence-corrected chi connectivity index (χ1v) is 12.3. The summed E-state index contributed by atoms with van der Waals surface area (Å²) in [7, 11) is 0. The van der Waals surface area contributed by atoms with Crippen LogP contribution in [0.4, 0.5) is 11.4 Å². The number of hydrogen-bond donors (Lipinski definition) is 1. The SMILES string of the molecule is CCCOc1cc(NC(=O)C2CCN(C(=O)COc3ccccc3)CC2)c([N+](=O)[O-])cc1OCCC. The highest BCUT2D eigenvalue weighted by atomic mass is 16.6. The minimum atomic E-state index is -0.550. The molecule has 0 radical (unpaired) electrons. The number of anilines is 1. The molecule has 3 rings (SSSR count). The van der Waals surface area contributed by atoms with E-state index in [9.17, 15) is 19.7 Å². The molecular weight excluding hydrogens is 466 g/mol. The van der Waals surface area contributed by atoms with Crippen LogP contribution in [0.3, 0.4) is 0 Å². The second-order valence-electron chi connectivity index (χ2n) is 8.52.